The number of carbonyl (C=O) groups is 4. The molecule has 1 saturated carbocycles. The van der Waals surface area contributed by atoms with E-state index in [4.69, 9.17) is 18.9 Å². The van der Waals surface area contributed by atoms with Crippen LogP contribution in [0.15, 0.2) is 48.5 Å². The van der Waals surface area contributed by atoms with Gasteiger partial charge in [-0.15, -0.1) is 0 Å². The van der Waals surface area contributed by atoms with Crippen molar-refractivity contribution in [2.75, 3.05) is 51.4 Å². The average Bonchev–Trinajstić information content (AvgIpc) is 3.08. The van der Waals surface area contributed by atoms with Gasteiger partial charge >= 0.3 is 6.03 Å². The fourth-order valence-corrected chi connectivity index (χ4v) is 5.79. The molecule has 12 heteroatoms. The number of Topliss-reactive ketones (excluding diaryl/α,β-unsaturated/α-hetero) is 1. The Morgan fingerprint density at radius 1 is 0.844 bits per heavy atom. The molecule has 4 amide bonds. The van der Waals surface area contributed by atoms with Gasteiger partial charge in [-0.2, -0.15) is 0 Å². The van der Waals surface area contributed by atoms with E-state index < -0.39 is 29.7 Å². The fraction of sp³-hybridized carbons (Fsp3) is 0.515. The summed E-state index contributed by atoms with van der Waals surface area (Å²) in [6.07, 6.45) is 5.68. The Bertz CT molecular complexity index is 1310. The molecule has 1 aliphatic carbocycles. The van der Waals surface area contributed by atoms with E-state index in [0.29, 0.717) is 63.1 Å². The van der Waals surface area contributed by atoms with E-state index in [2.05, 4.69) is 16.0 Å². The van der Waals surface area contributed by atoms with E-state index in [9.17, 15) is 19.2 Å². The minimum atomic E-state index is -1.28. The summed E-state index contributed by atoms with van der Waals surface area (Å²) < 4.78 is 22.3. The smallest absolute Gasteiger partial charge is 0.318 e. The number of nitrogens with one attached hydrogen (secondary N) is 3. The third kappa shape index (κ3) is 9.41. The highest BCUT2D eigenvalue weighted by molar-refractivity contribution is 6.42. The highest BCUT2D eigenvalue weighted by Crippen LogP contribution is 2.32. The van der Waals surface area contributed by atoms with Gasteiger partial charge in [0.15, 0.2) is 11.5 Å². The van der Waals surface area contributed by atoms with Gasteiger partial charge in [-0.3, -0.25) is 14.4 Å². The third-order valence-electron chi connectivity index (χ3n) is 8.26. The molecular formula is C33H42N4O8. The van der Waals surface area contributed by atoms with Crippen LogP contribution >= 0.6 is 0 Å². The van der Waals surface area contributed by atoms with Gasteiger partial charge in [0, 0.05) is 24.8 Å². The highest BCUT2D eigenvalue weighted by atomic mass is 16.6. The number of fused-ring (bicyclic) bond motifs is 1. The first-order chi connectivity index (χ1) is 22.0. The monoisotopic (exact) mass is 622 g/mol. The van der Waals surface area contributed by atoms with E-state index >= 15 is 0 Å². The molecule has 2 fully saturated rings. The summed E-state index contributed by atoms with van der Waals surface area (Å²) in [4.78, 5) is 55.2. The minimum absolute atomic E-state index is 0.184. The molecule has 0 bridgehead atoms. The van der Waals surface area contributed by atoms with Crippen LogP contribution in [-0.4, -0.2) is 86.7 Å². The van der Waals surface area contributed by atoms with Crippen molar-refractivity contribution in [1.82, 2.24) is 15.5 Å². The van der Waals surface area contributed by atoms with E-state index in [1.54, 1.807) is 23.1 Å². The van der Waals surface area contributed by atoms with Gasteiger partial charge in [0.2, 0.25) is 11.7 Å². The molecule has 45 heavy (non-hydrogen) atoms. The molecule has 5 rings (SSSR count). The van der Waals surface area contributed by atoms with Gasteiger partial charge < -0.3 is 39.8 Å². The largest absolute Gasteiger partial charge is 0.486 e. The predicted molar refractivity (Wildman–Crippen MR) is 165 cm³/mol. The van der Waals surface area contributed by atoms with E-state index in [1.165, 1.54) is 0 Å². The number of benzene rings is 2. The van der Waals surface area contributed by atoms with Crippen molar-refractivity contribution in [2.24, 2.45) is 5.92 Å². The molecule has 3 N–H and O–H groups in total. The summed E-state index contributed by atoms with van der Waals surface area (Å²) in [6.45, 7) is 2.47. The number of hydrogen-bond donors (Lipinski definition) is 3. The van der Waals surface area contributed by atoms with Crippen molar-refractivity contribution >= 4 is 29.3 Å². The summed E-state index contributed by atoms with van der Waals surface area (Å²) in [6, 6.07) is 11.7. The second-order valence-corrected chi connectivity index (χ2v) is 11.6. The van der Waals surface area contributed by atoms with E-state index in [1.807, 2.05) is 30.3 Å². The summed E-state index contributed by atoms with van der Waals surface area (Å²) in [5.74, 6) is -1.04. The summed E-state index contributed by atoms with van der Waals surface area (Å²) in [5.41, 5.74) is 1.23. The molecular weight excluding hydrogens is 580 g/mol. The first kappa shape index (κ1) is 32.2. The maximum Gasteiger partial charge on any atom is 0.318 e. The number of carbonyl (C=O) groups excluding carboxylic acids is 4. The molecule has 12 nitrogen and oxygen atoms in total. The van der Waals surface area contributed by atoms with Crippen LogP contribution in [0.1, 0.15) is 44.1 Å². The Kier molecular flexibility index (Phi) is 11.6. The van der Waals surface area contributed by atoms with Gasteiger partial charge in [0.1, 0.15) is 25.3 Å². The van der Waals surface area contributed by atoms with Gasteiger partial charge in [-0.05, 0) is 30.0 Å². The SMILES string of the molecule is O=C(Nc1ccc2c(c1)OCCO2)C(=O)[C@@H](COCc1ccccc1)NC(=O)[C@H](CC1CCCCC1)NC(=O)N1CCOCC1. The molecule has 2 aliphatic heterocycles. The molecule has 0 radical (unpaired) electrons. The normalized spacial score (nSPS) is 17.9. The molecule has 2 atom stereocenters. The number of anilines is 1. The first-order valence-electron chi connectivity index (χ1n) is 15.8. The Morgan fingerprint density at radius 3 is 2.33 bits per heavy atom. The number of ketones is 1. The van der Waals surface area contributed by atoms with Crippen molar-refractivity contribution in [3.8, 4) is 11.5 Å². The molecule has 0 aromatic heterocycles. The maximum absolute atomic E-state index is 13.8. The Labute approximate surface area is 263 Å². The van der Waals surface area contributed by atoms with Crippen molar-refractivity contribution in [2.45, 2.75) is 57.2 Å². The lowest BCUT2D eigenvalue weighted by molar-refractivity contribution is -0.139. The number of urea groups is 1. The summed E-state index contributed by atoms with van der Waals surface area (Å²) >= 11 is 0. The Morgan fingerprint density at radius 2 is 1.58 bits per heavy atom. The summed E-state index contributed by atoms with van der Waals surface area (Å²) in [5, 5.41) is 8.24. The lowest BCUT2D eigenvalue weighted by Gasteiger charge is -2.31. The van der Waals surface area contributed by atoms with Gasteiger partial charge in [0.05, 0.1) is 26.4 Å². The predicted octanol–water partition coefficient (Wildman–Crippen LogP) is 3.05. The minimum Gasteiger partial charge on any atom is -0.486 e. The third-order valence-corrected chi connectivity index (χ3v) is 8.26. The first-order valence-corrected chi connectivity index (χ1v) is 15.8. The van der Waals surface area contributed by atoms with Crippen molar-refractivity contribution < 1.29 is 38.1 Å². The van der Waals surface area contributed by atoms with E-state index in [0.717, 1.165) is 37.7 Å². The quantitative estimate of drug-likeness (QED) is 0.307. The van der Waals surface area contributed by atoms with Crippen molar-refractivity contribution in [1.29, 1.82) is 0 Å². The van der Waals surface area contributed by atoms with Crippen molar-refractivity contribution in [3.05, 3.63) is 54.1 Å². The van der Waals surface area contributed by atoms with E-state index in [-0.39, 0.29) is 25.2 Å². The number of morpholine rings is 1. The molecule has 0 spiro atoms. The van der Waals surface area contributed by atoms with Crippen LogP contribution in [0.5, 0.6) is 11.5 Å². The molecule has 1 saturated heterocycles. The zero-order valence-corrected chi connectivity index (χ0v) is 25.5. The van der Waals surface area contributed by atoms with Gasteiger partial charge in [0.25, 0.3) is 5.91 Å². The van der Waals surface area contributed by atoms with Crippen molar-refractivity contribution in [3.63, 3.8) is 0 Å². The zero-order chi connectivity index (χ0) is 31.4. The number of nitrogens with zero attached hydrogens (tertiary/aromatic N) is 1. The Hall–Kier alpha value is -4.16. The van der Waals surface area contributed by atoms with Crippen LogP contribution in [0.25, 0.3) is 0 Å². The van der Waals surface area contributed by atoms with Crippen LogP contribution in [0.2, 0.25) is 0 Å². The number of rotatable bonds is 12. The second-order valence-electron chi connectivity index (χ2n) is 11.6. The average molecular weight is 623 g/mol. The zero-order valence-electron chi connectivity index (χ0n) is 25.5. The fourth-order valence-electron chi connectivity index (χ4n) is 5.79. The number of hydrogen-bond acceptors (Lipinski definition) is 8. The highest BCUT2D eigenvalue weighted by Gasteiger charge is 2.33. The molecule has 2 aromatic carbocycles. The molecule has 242 valence electrons. The van der Waals surface area contributed by atoms with Crippen LogP contribution in [0.4, 0.5) is 10.5 Å². The number of ether oxygens (including phenoxy) is 4. The summed E-state index contributed by atoms with van der Waals surface area (Å²) in [7, 11) is 0. The molecule has 3 aliphatic rings. The molecule has 2 heterocycles. The topological polar surface area (TPSA) is 145 Å². The standard InChI is InChI=1S/C33H42N4O8/c38-30(32(40)34-25-11-12-28-29(20-25)45-18-17-44-28)27(22-43-21-24-9-5-2-6-10-24)35-31(39)26(19-23-7-3-1-4-8-23)36-33(41)37-13-15-42-16-14-37/h2,5-6,9-12,20,23,26-27H,1,3-4,7-8,13-19,21-22H2,(H,34,40)(H,35,39)(H,36,41)/t26-,27+/m0/s1. The molecule has 2 aromatic rings. The van der Waals surface area contributed by atoms with Crippen LogP contribution in [-0.2, 0) is 30.5 Å². The second kappa shape index (κ2) is 16.2. The Balaban J connectivity index is 1.28. The number of amides is 4. The van der Waals surface area contributed by atoms with Crippen LogP contribution < -0.4 is 25.4 Å². The van der Waals surface area contributed by atoms with Gasteiger partial charge in [-0.25, -0.2) is 4.79 Å². The van der Waals surface area contributed by atoms with Gasteiger partial charge in [-0.1, -0.05) is 62.4 Å². The lowest BCUT2D eigenvalue weighted by atomic mass is 9.84. The van der Waals surface area contributed by atoms with Crippen LogP contribution in [0, 0.1) is 5.92 Å². The molecule has 0 unspecified atom stereocenters. The van der Waals surface area contributed by atoms with Crippen LogP contribution in [0.3, 0.4) is 0 Å². The maximum atomic E-state index is 13.8. The lowest BCUT2D eigenvalue weighted by Crippen LogP contribution is -2.57.